The summed E-state index contributed by atoms with van der Waals surface area (Å²) in [5.41, 5.74) is 0.370. The molecule has 1 aromatic rings. The van der Waals surface area contributed by atoms with Crippen molar-refractivity contribution in [1.29, 1.82) is 0 Å². The van der Waals surface area contributed by atoms with Crippen LogP contribution in [-0.4, -0.2) is 51.4 Å². The Balaban J connectivity index is 1.51. The molecule has 98 valence electrons. The van der Waals surface area contributed by atoms with Gasteiger partial charge < -0.3 is 5.32 Å². The van der Waals surface area contributed by atoms with Crippen LogP contribution in [0.15, 0.2) is 6.20 Å². The zero-order chi connectivity index (χ0) is 12.4. The van der Waals surface area contributed by atoms with Crippen molar-refractivity contribution in [2.24, 2.45) is 0 Å². The summed E-state index contributed by atoms with van der Waals surface area (Å²) in [7, 11) is 0. The van der Waals surface area contributed by atoms with Crippen LogP contribution in [0.4, 0.5) is 0 Å². The standard InChI is InChI=1S/C12H19N5O/c18-12(11-7-13-16-15-11)14-9-5-6-17(8-9)10-3-1-2-4-10/h7,9-10H,1-6,8H2,(H,14,18)(H,13,15,16). The molecular formula is C12H19N5O. The highest BCUT2D eigenvalue weighted by Crippen LogP contribution is 2.26. The molecule has 2 aliphatic rings. The average molecular weight is 249 g/mol. The van der Waals surface area contributed by atoms with E-state index in [0.29, 0.717) is 5.69 Å². The van der Waals surface area contributed by atoms with Gasteiger partial charge in [0.2, 0.25) is 0 Å². The highest BCUT2D eigenvalue weighted by atomic mass is 16.2. The van der Waals surface area contributed by atoms with E-state index in [1.165, 1.54) is 31.9 Å². The molecule has 3 rings (SSSR count). The summed E-state index contributed by atoms with van der Waals surface area (Å²) < 4.78 is 0. The summed E-state index contributed by atoms with van der Waals surface area (Å²) in [5, 5.41) is 12.9. The molecule has 2 N–H and O–H groups in total. The van der Waals surface area contributed by atoms with E-state index in [1.54, 1.807) is 0 Å². The highest BCUT2D eigenvalue weighted by molar-refractivity contribution is 5.92. The van der Waals surface area contributed by atoms with Gasteiger partial charge in [0.1, 0.15) is 0 Å². The summed E-state index contributed by atoms with van der Waals surface area (Å²) in [4.78, 5) is 14.4. The number of amides is 1. The first-order chi connectivity index (χ1) is 8.83. The van der Waals surface area contributed by atoms with Crippen LogP contribution in [0.5, 0.6) is 0 Å². The van der Waals surface area contributed by atoms with Crippen LogP contribution in [0, 0.1) is 0 Å². The second-order valence-corrected chi connectivity index (χ2v) is 5.25. The van der Waals surface area contributed by atoms with E-state index in [9.17, 15) is 4.79 Å². The first-order valence-corrected chi connectivity index (χ1v) is 6.73. The van der Waals surface area contributed by atoms with Crippen molar-refractivity contribution < 1.29 is 4.79 Å². The lowest BCUT2D eigenvalue weighted by Crippen LogP contribution is -2.39. The zero-order valence-electron chi connectivity index (χ0n) is 10.4. The molecule has 1 aromatic heterocycles. The van der Waals surface area contributed by atoms with Gasteiger partial charge in [0.25, 0.3) is 5.91 Å². The van der Waals surface area contributed by atoms with Crippen LogP contribution in [0.3, 0.4) is 0 Å². The van der Waals surface area contributed by atoms with Crippen molar-refractivity contribution >= 4 is 5.91 Å². The molecule has 1 amide bonds. The molecule has 0 bridgehead atoms. The molecule has 1 atom stereocenters. The van der Waals surface area contributed by atoms with Gasteiger partial charge in [-0.25, -0.2) is 0 Å². The molecule has 0 aromatic carbocycles. The SMILES string of the molecule is O=C(NC1CCN(C2CCCC2)C1)c1cn[nH]n1. The first-order valence-electron chi connectivity index (χ1n) is 6.73. The van der Waals surface area contributed by atoms with Gasteiger partial charge in [-0.15, -0.1) is 0 Å². The minimum Gasteiger partial charge on any atom is -0.347 e. The Labute approximate surface area is 106 Å². The molecule has 0 spiro atoms. The Morgan fingerprint density at radius 3 is 2.94 bits per heavy atom. The second-order valence-electron chi connectivity index (χ2n) is 5.25. The number of aromatic nitrogens is 3. The van der Waals surface area contributed by atoms with E-state index < -0.39 is 0 Å². The number of H-pyrrole nitrogens is 1. The number of aromatic amines is 1. The molecule has 1 unspecified atom stereocenters. The molecule has 1 aliphatic heterocycles. The maximum Gasteiger partial charge on any atom is 0.273 e. The van der Waals surface area contributed by atoms with Gasteiger partial charge >= 0.3 is 0 Å². The Hall–Kier alpha value is -1.43. The predicted molar refractivity (Wildman–Crippen MR) is 66.1 cm³/mol. The highest BCUT2D eigenvalue weighted by Gasteiger charge is 2.30. The van der Waals surface area contributed by atoms with E-state index in [1.807, 2.05) is 0 Å². The Morgan fingerprint density at radius 2 is 2.22 bits per heavy atom. The minimum atomic E-state index is -0.123. The third-order valence-corrected chi connectivity index (χ3v) is 4.04. The zero-order valence-corrected chi connectivity index (χ0v) is 10.4. The lowest BCUT2D eigenvalue weighted by atomic mass is 10.2. The number of carbonyl (C=O) groups is 1. The summed E-state index contributed by atoms with van der Waals surface area (Å²) in [6.45, 7) is 2.09. The number of nitrogens with zero attached hydrogens (tertiary/aromatic N) is 3. The molecule has 18 heavy (non-hydrogen) atoms. The second kappa shape index (κ2) is 5.06. The number of hydrogen-bond acceptors (Lipinski definition) is 4. The van der Waals surface area contributed by atoms with E-state index in [0.717, 1.165) is 25.6 Å². The van der Waals surface area contributed by atoms with Crippen LogP contribution in [0.25, 0.3) is 0 Å². The minimum absolute atomic E-state index is 0.123. The van der Waals surface area contributed by atoms with Crippen LogP contribution < -0.4 is 5.32 Å². The largest absolute Gasteiger partial charge is 0.347 e. The summed E-state index contributed by atoms with van der Waals surface area (Å²) in [6, 6.07) is 1.01. The monoisotopic (exact) mass is 249 g/mol. The first kappa shape index (κ1) is 11.6. The lowest BCUT2D eigenvalue weighted by Gasteiger charge is -2.23. The van der Waals surface area contributed by atoms with Crippen LogP contribution in [0.2, 0.25) is 0 Å². The summed E-state index contributed by atoms with van der Waals surface area (Å²) in [6.07, 6.45) is 7.86. The number of carbonyl (C=O) groups excluding carboxylic acids is 1. The molecule has 1 aliphatic carbocycles. The molecular weight excluding hydrogens is 230 g/mol. The van der Waals surface area contributed by atoms with Crippen LogP contribution in [0.1, 0.15) is 42.6 Å². The third kappa shape index (κ3) is 2.38. The number of likely N-dealkylation sites (tertiary alicyclic amines) is 1. The van der Waals surface area contributed by atoms with E-state index >= 15 is 0 Å². The van der Waals surface area contributed by atoms with Gasteiger partial charge in [-0.05, 0) is 19.3 Å². The van der Waals surface area contributed by atoms with E-state index in [-0.39, 0.29) is 11.9 Å². The topological polar surface area (TPSA) is 73.9 Å². The molecule has 2 heterocycles. The summed E-state index contributed by atoms with van der Waals surface area (Å²) in [5.74, 6) is -0.123. The van der Waals surface area contributed by atoms with Crippen molar-refractivity contribution in [3.8, 4) is 0 Å². The van der Waals surface area contributed by atoms with Gasteiger partial charge in [-0.2, -0.15) is 15.4 Å². The number of hydrogen-bond donors (Lipinski definition) is 2. The van der Waals surface area contributed by atoms with Crippen molar-refractivity contribution in [3.05, 3.63) is 11.9 Å². The van der Waals surface area contributed by atoms with Gasteiger partial charge in [0.15, 0.2) is 5.69 Å². The molecule has 1 saturated heterocycles. The molecule has 6 heteroatoms. The third-order valence-electron chi connectivity index (χ3n) is 4.04. The van der Waals surface area contributed by atoms with E-state index in [2.05, 4.69) is 25.6 Å². The molecule has 2 fully saturated rings. The maximum atomic E-state index is 11.8. The smallest absolute Gasteiger partial charge is 0.273 e. The quantitative estimate of drug-likeness (QED) is 0.820. The average Bonchev–Trinajstić information content (AvgIpc) is 3.12. The van der Waals surface area contributed by atoms with Crippen molar-refractivity contribution in [1.82, 2.24) is 25.6 Å². The molecule has 1 saturated carbocycles. The van der Waals surface area contributed by atoms with Crippen molar-refractivity contribution in [2.45, 2.75) is 44.2 Å². The Morgan fingerprint density at radius 1 is 1.39 bits per heavy atom. The van der Waals surface area contributed by atoms with Crippen LogP contribution in [-0.2, 0) is 0 Å². The molecule has 6 nitrogen and oxygen atoms in total. The number of nitrogens with one attached hydrogen (secondary N) is 2. The normalized spacial score (nSPS) is 25.7. The van der Waals surface area contributed by atoms with Gasteiger partial charge in [0, 0.05) is 25.2 Å². The van der Waals surface area contributed by atoms with E-state index in [4.69, 9.17) is 0 Å². The predicted octanol–water partition coefficient (Wildman–Crippen LogP) is 0.551. The van der Waals surface area contributed by atoms with Gasteiger partial charge in [-0.1, -0.05) is 12.8 Å². The Bertz CT molecular complexity index is 399. The lowest BCUT2D eigenvalue weighted by molar-refractivity contribution is 0.0931. The number of rotatable bonds is 3. The fourth-order valence-corrected chi connectivity index (χ4v) is 3.08. The fourth-order valence-electron chi connectivity index (χ4n) is 3.08. The fraction of sp³-hybridized carbons (Fsp3) is 0.750. The summed E-state index contributed by atoms with van der Waals surface area (Å²) >= 11 is 0. The Kier molecular flexibility index (Phi) is 3.27. The maximum absolute atomic E-state index is 11.8. The van der Waals surface area contributed by atoms with Crippen molar-refractivity contribution in [2.75, 3.05) is 13.1 Å². The van der Waals surface area contributed by atoms with Gasteiger partial charge in [-0.3, -0.25) is 9.69 Å². The van der Waals surface area contributed by atoms with Crippen LogP contribution >= 0.6 is 0 Å². The van der Waals surface area contributed by atoms with Gasteiger partial charge in [0.05, 0.1) is 6.20 Å². The van der Waals surface area contributed by atoms with Crippen molar-refractivity contribution in [3.63, 3.8) is 0 Å². The molecule has 0 radical (unpaired) electrons.